The van der Waals surface area contributed by atoms with Crippen LogP contribution in [0.25, 0.3) is 0 Å². The summed E-state index contributed by atoms with van der Waals surface area (Å²) in [4.78, 5) is 21.9. The Morgan fingerprint density at radius 3 is 2.26 bits per heavy atom. The second-order valence-electron chi connectivity index (χ2n) is 5.35. The van der Waals surface area contributed by atoms with Crippen molar-refractivity contribution < 1.29 is 28.0 Å². The predicted molar refractivity (Wildman–Crippen MR) is 93.9 cm³/mol. The molecule has 0 aliphatic carbocycles. The van der Waals surface area contributed by atoms with Crippen molar-refractivity contribution in [2.75, 3.05) is 6.54 Å². The van der Waals surface area contributed by atoms with Crippen LogP contribution in [0.2, 0.25) is 0 Å². The fourth-order valence-corrected chi connectivity index (χ4v) is 1.97. The third-order valence-corrected chi connectivity index (χ3v) is 3.21. The van der Waals surface area contributed by atoms with Gasteiger partial charge in [-0.2, -0.15) is 13.2 Å². The number of amides is 2. The van der Waals surface area contributed by atoms with Gasteiger partial charge >= 0.3 is 6.18 Å². The minimum Gasteiger partial charge on any atom is -0.411 e. The van der Waals surface area contributed by atoms with Crippen LogP contribution < -0.4 is 11.1 Å². The van der Waals surface area contributed by atoms with Crippen LogP contribution in [0, 0.1) is 6.92 Å². The highest BCUT2D eigenvalue weighted by Crippen LogP contribution is 2.14. The van der Waals surface area contributed by atoms with Crippen LogP contribution in [0.15, 0.2) is 53.7 Å². The summed E-state index contributed by atoms with van der Waals surface area (Å²) in [5, 5.41) is 12.9. The fraction of sp³-hybridized carbons (Fsp3) is 0.167. The molecule has 0 atom stereocenters. The molecule has 2 aromatic carbocycles. The van der Waals surface area contributed by atoms with E-state index >= 15 is 0 Å². The SMILES string of the molecule is Cc1cc(C=NO)ccc1C(=O)NCC(F)(F)F.NC(=O)c1ccccc1. The first kappa shape index (κ1) is 21.7. The van der Waals surface area contributed by atoms with Crippen LogP contribution in [0.4, 0.5) is 13.2 Å². The van der Waals surface area contributed by atoms with Crippen molar-refractivity contribution in [2.24, 2.45) is 10.9 Å². The fourth-order valence-electron chi connectivity index (χ4n) is 1.97. The van der Waals surface area contributed by atoms with Gasteiger partial charge in [0.05, 0.1) is 6.21 Å². The summed E-state index contributed by atoms with van der Waals surface area (Å²) in [7, 11) is 0. The molecule has 0 radical (unpaired) electrons. The van der Waals surface area contributed by atoms with E-state index in [0.717, 1.165) is 6.21 Å². The molecule has 0 spiro atoms. The van der Waals surface area contributed by atoms with Crippen LogP contribution in [0.5, 0.6) is 0 Å². The van der Waals surface area contributed by atoms with Gasteiger partial charge in [0.2, 0.25) is 5.91 Å². The van der Waals surface area contributed by atoms with Crippen molar-refractivity contribution in [3.8, 4) is 0 Å². The van der Waals surface area contributed by atoms with E-state index in [-0.39, 0.29) is 11.5 Å². The minimum atomic E-state index is -4.44. The standard InChI is InChI=1S/C11H11F3N2O2.C7H7NO/c1-7-4-8(5-16-18)2-3-9(7)10(17)15-6-11(12,13)14;8-7(9)6-4-2-1-3-5-6/h2-5,18H,6H2,1H3,(H,15,17);1-5H,(H2,8,9). The van der Waals surface area contributed by atoms with E-state index in [1.165, 1.54) is 18.2 Å². The highest BCUT2D eigenvalue weighted by atomic mass is 19.4. The maximum Gasteiger partial charge on any atom is 0.405 e. The lowest BCUT2D eigenvalue weighted by Gasteiger charge is -2.10. The van der Waals surface area contributed by atoms with Crippen molar-refractivity contribution in [2.45, 2.75) is 13.1 Å². The molecule has 0 saturated carbocycles. The molecule has 0 aliphatic heterocycles. The van der Waals surface area contributed by atoms with E-state index in [0.29, 0.717) is 16.7 Å². The molecule has 0 unspecified atom stereocenters. The molecule has 2 rings (SSSR count). The molecule has 27 heavy (non-hydrogen) atoms. The van der Waals surface area contributed by atoms with Gasteiger partial charge in [0, 0.05) is 11.1 Å². The first-order valence-electron chi connectivity index (χ1n) is 7.62. The quantitative estimate of drug-likeness (QED) is 0.431. The Bertz CT molecular complexity index is 806. The molecule has 0 saturated heterocycles. The average Bonchev–Trinajstić information content (AvgIpc) is 2.61. The topological polar surface area (TPSA) is 105 Å². The first-order valence-corrected chi connectivity index (χ1v) is 7.62. The van der Waals surface area contributed by atoms with Gasteiger partial charge in [-0.3, -0.25) is 9.59 Å². The van der Waals surface area contributed by atoms with Crippen LogP contribution >= 0.6 is 0 Å². The number of carbonyl (C=O) groups excluding carboxylic acids is 2. The van der Waals surface area contributed by atoms with Crippen molar-refractivity contribution in [1.82, 2.24) is 5.32 Å². The zero-order valence-corrected chi connectivity index (χ0v) is 14.3. The summed E-state index contributed by atoms with van der Waals surface area (Å²) >= 11 is 0. The number of oxime groups is 1. The Morgan fingerprint density at radius 2 is 1.81 bits per heavy atom. The number of hydrogen-bond donors (Lipinski definition) is 3. The number of carbonyl (C=O) groups is 2. The predicted octanol–water partition coefficient (Wildman–Crippen LogP) is 2.88. The third-order valence-electron chi connectivity index (χ3n) is 3.21. The molecule has 2 amide bonds. The second kappa shape index (κ2) is 9.95. The van der Waals surface area contributed by atoms with Crippen molar-refractivity contribution in [1.29, 1.82) is 0 Å². The first-order chi connectivity index (χ1) is 12.6. The summed E-state index contributed by atoms with van der Waals surface area (Å²) in [6, 6.07) is 13.1. The number of benzene rings is 2. The average molecular weight is 381 g/mol. The number of nitrogens with one attached hydrogen (secondary N) is 1. The van der Waals surface area contributed by atoms with E-state index in [2.05, 4.69) is 5.16 Å². The van der Waals surface area contributed by atoms with Crippen LogP contribution in [-0.2, 0) is 0 Å². The van der Waals surface area contributed by atoms with Gasteiger partial charge in [-0.25, -0.2) is 0 Å². The van der Waals surface area contributed by atoms with Crippen LogP contribution in [0.1, 0.15) is 31.8 Å². The highest BCUT2D eigenvalue weighted by molar-refractivity contribution is 5.96. The number of hydrogen-bond acceptors (Lipinski definition) is 4. The Balaban J connectivity index is 0.000000337. The van der Waals surface area contributed by atoms with Crippen molar-refractivity contribution in [3.05, 3.63) is 70.8 Å². The number of alkyl halides is 3. The molecule has 2 aromatic rings. The zero-order chi connectivity index (χ0) is 20.4. The molecule has 0 aromatic heterocycles. The number of nitrogens with zero attached hydrogens (tertiary/aromatic N) is 1. The largest absolute Gasteiger partial charge is 0.411 e. The third kappa shape index (κ3) is 8.04. The molecule has 9 heteroatoms. The van der Waals surface area contributed by atoms with E-state index in [1.807, 2.05) is 6.07 Å². The summed E-state index contributed by atoms with van der Waals surface area (Å²) in [5.74, 6) is -1.17. The second-order valence-corrected chi connectivity index (χ2v) is 5.35. The molecule has 0 bridgehead atoms. The maximum absolute atomic E-state index is 11.9. The number of primary amides is 1. The van der Waals surface area contributed by atoms with Crippen LogP contribution in [0.3, 0.4) is 0 Å². The van der Waals surface area contributed by atoms with Crippen molar-refractivity contribution >= 4 is 18.0 Å². The lowest BCUT2D eigenvalue weighted by atomic mass is 10.1. The van der Waals surface area contributed by atoms with Gasteiger partial charge in [-0.1, -0.05) is 29.4 Å². The van der Waals surface area contributed by atoms with Gasteiger partial charge in [-0.05, 0) is 42.3 Å². The number of aryl methyl sites for hydroxylation is 1. The zero-order valence-electron chi connectivity index (χ0n) is 14.3. The molecule has 4 N–H and O–H groups in total. The smallest absolute Gasteiger partial charge is 0.405 e. The van der Waals surface area contributed by atoms with Gasteiger partial charge in [0.25, 0.3) is 5.91 Å². The van der Waals surface area contributed by atoms with E-state index in [9.17, 15) is 22.8 Å². The lowest BCUT2D eigenvalue weighted by Crippen LogP contribution is -2.34. The summed E-state index contributed by atoms with van der Waals surface area (Å²) in [5.41, 5.74) is 6.71. The summed E-state index contributed by atoms with van der Waals surface area (Å²) in [6.07, 6.45) is -3.28. The van der Waals surface area contributed by atoms with Gasteiger partial charge in [-0.15, -0.1) is 0 Å². The minimum absolute atomic E-state index is 0.148. The van der Waals surface area contributed by atoms with E-state index < -0.39 is 18.6 Å². The molecule has 0 aliphatic rings. The highest BCUT2D eigenvalue weighted by Gasteiger charge is 2.28. The van der Waals surface area contributed by atoms with Gasteiger partial charge in [0.1, 0.15) is 6.54 Å². The molecule has 6 nitrogen and oxygen atoms in total. The van der Waals surface area contributed by atoms with Gasteiger partial charge in [0.15, 0.2) is 0 Å². The van der Waals surface area contributed by atoms with E-state index in [1.54, 1.807) is 36.5 Å². The molecular weight excluding hydrogens is 363 g/mol. The number of halogens is 3. The van der Waals surface area contributed by atoms with Crippen molar-refractivity contribution in [3.63, 3.8) is 0 Å². The van der Waals surface area contributed by atoms with E-state index in [4.69, 9.17) is 10.9 Å². The normalized spacial score (nSPS) is 10.8. The van der Waals surface area contributed by atoms with Crippen LogP contribution in [-0.4, -0.2) is 36.0 Å². The molecule has 0 heterocycles. The number of rotatable bonds is 4. The summed E-state index contributed by atoms with van der Waals surface area (Å²) in [6.45, 7) is 0.211. The maximum atomic E-state index is 11.9. The molecular formula is C18H18F3N3O3. The monoisotopic (exact) mass is 381 g/mol. The Labute approximate surface area is 153 Å². The lowest BCUT2D eigenvalue weighted by molar-refractivity contribution is -0.123. The number of nitrogens with two attached hydrogens (primary N) is 1. The Morgan fingerprint density at radius 1 is 1.19 bits per heavy atom. The van der Waals surface area contributed by atoms with Gasteiger partial charge < -0.3 is 16.3 Å². The molecule has 0 fully saturated rings. The Kier molecular flexibility index (Phi) is 7.99. The molecule has 144 valence electrons. The Hall–Kier alpha value is -3.36. The summed E-state index contributed by atoms with van der Waals surface area (Å²) < 4.78 is 35.8.